The van der Waals surface area contributed by atoms with Crippen molar-refractivity contribution in [3.63, 3.8) is 0 Å². The number of thiophene rings is 1. The smallest absolute Gasteiger partial charge is 0.271 e. The molecule has 1 fully saturated rings. The first-order valence-corrected chi connectivity index (χ1v) is 9.13. The molecule has 1 saturated heterocycles. The second-order valence-corrected chi connectivity index (χ2v) is 6.89. The summed E-state index contributed by atoms with van der Waals surface area (Å²) in [5, 5.41) is 6.02. The van der Waals surface area contributed by atoms with Crippen LogP contribution in [0.25, 0.3) is 10.2 Å². The van der Waals surface area contributed by atoms with Crippen LogP contribution in [0.4, 0.5) is 0 Å². The lowest BCUT2D eigenvalue weighted by molar-refractivity contribution is 0.232. The van der Waals surface area contributed by atoms with Crippen molar-refractivity contribution in [3.05, 3.63) is 39.8 Å². The van der Waals surface area contributed by atoms with Gasteiger partial charge in [0.1, 0.15) is 4.70 Å². The van der Waals surface area contributed by atoms with Gasteiger partial charge in [-0.1, -0.05) is 12.1 Å². The molecule has 4 heterocycles. The first-order chi connectivity index (χ1) is 11.8. The van der Waals surface area contributed by atoms with E-state index in [1.165, 1.54) is 11.3 Å². The summed E-state index contributed by atoms with van der Waals surface area (Å²) >= 11 is 1.45. The number of rotatable bonds is 5. The fourth-order valence-corrected chi connectivity index (χ4v) is 4.00. The Labute approximate surface area is 142 Å². The van der Waals surface area contributed by atoms with E-state index >= 15 is 0 Å². The number of aryl methyl sites for hydroxylation is 1. The fraction of sp³-hybridized carbons (Fsp3) is 0.500. The van der Waals surface area contributed by atoms with E-state index in [0.29, 0.717) is 12.4 Å². The van der Waals surface area contributed by atoms with Gasteiger partial charge >= 0.3 is 0 Å². The molecule has 24 heavy (non-hydrogen) atoms. The monoisotopic (exact) mass is 345 g/mol. The largest absolute Gasteiger partial charge is 0.339 e. The fourth-order valence-electron chi connectivity index (χ4n) is 3.21. The number of hydrogen-bond donors (Lipinski definition) is 0. The summed E-state index contributed by atoms with van der Waals surface area (Å²) in [6.45, 7) is 4.39. The molecule has 0 N–H and O–H groups in total. The molecule has 0 bridgehead atoms. The maximum Gasteiger partial charge on any atom is 0.271 e. The van der Waals surface area contributed by atoms with Crippen LogP contribution < -0.4 is 5.56 Å². The Morgan fingerprint density at radius 3 is 3.17 bits per heavy atom. The van der Waals surface area contributed by atoms with Gasteiger partial charge in [-0.3, -0.25) is 14.3 Å². The minimum atomic E-state index is 0.0403. The standard InChI is InChI=1S/C16H19N5O2S/c1-2-13-18-15(19-23-13)12-4-3-6-20(12)7-8-21-10-17-11-5-9-24-14(11)16(21)22/h5,9-10,12H,2-4,6-8H2,1H3. The molecule has 4 rings (SSSR count). The van der Waals surface area contributed by atoms with Gasteiger partial charge in [-0.2, -0.15) is 4.98 Å². The predicted octanol–water partition coefficient (Wildman–Crippen LogP) is 2.24. The number of likely N-dealkylation sites (tertiary alicyclic amines) is 1. The molecule has 0 aliphatic carbocycles. The topological polar surface area (TPSA) is 77.1 Å². The zero-order valence-corrected chi connectivity index (χ0v) is 14.3. The van der Waals surface area contributed by atoms with Crippen LogP contribution in [0.15, 0.2) is 27.1 Å². The Bertz CT molecular complexity index is 899. The molecule has 8 heteroatoms. The molecule has 7 nitrogen and oxygen atoms in total. The molecule has 0 radical (unpaired) electrons. The van der Waals surface area contributed by atoms with Crippen LogP contribution in [-0.2, 0) is 13.0 Å². The molecular weight excluding hydrogens is 326 g/mol. The highest BCUT2D eigenvalue weighted by Gasteiger charge is 2.29. The van der Waals surface area contributed by atoms with Crippen molar-refractivity contribution in [3.8, 4) is 0 Å². The van der Waals surface area contributed by atoms with Crippen LogP contribution >= 0.6 is 11.3 Å². The van der Waals surface area contributed by atoms with Crippen molar-refractivity contribution in [2.45, 2.75) is 38.8 Å². The van der Waals surface area contributed by atoms with E-state index < -0.39 is 0 Å². The normalized spacial score (nSPS) is 18.6. The lowest BCUT2D eigenvalue weighted by Gasteiger charge is -2.21. The lowest BCUT2D eigenvalue weighted by Crippen LogP contribution is -2.31. The zero-order chi connectivity index (χ0) is 16.5. The third kappa shape index (κ3) is 2.76. The highest BCUT2D eigenvalue weighted by atomic mass is 32.1. The molecule has 3 aromatic heterocycles. The van der Waals surface area contributed by atoms with Gasteiger partial charge in [0.25, 0.3) is 5.56 Å². The van der Waals surface area contributed by atoms with Gasteiger partial charge in [0.15, 0.2) is 5.82 Å². The van der Waals surface area contributed by atoms with Gasteiger partial charge < -0.3 is 4.52 Å². The summed E-state index contributed by atoms with van der Waals surface area (Å²) in [5.74, 6) is 1.45. The van der Waals surface area contributed by atoms with Crippen molar-refractivity contribution in [1.29, 1.82) is 0 Å². The number of nitrogens with zero attached hydrogens (tertiary/aromatic N) is 5. The third-order valence-electron chi connectivity index (χ3n) is 4.51. The molecule has 0 spiro atoms. The van der Waals surface area contributed by atoms with Crippen LogP contribution in [0.3, 0.4) is 0 Å². The Balaban J connectivity index is 1.49. The first kappa shape index (κ1) is 15.5. The maximum atomic E-state index is 12.5. The minimum Gasteiger partial charge on any atom is -0.339 e. The highest BCUT2D eigenvalue weighted by Crippen LogP contribution is 2.29. The van der Waals surface area contributed by atoms with E-state index in [2.05, 4.69) is 20.0 Å². The second kappa shape index (κ2) is 6.45. The van der Waals surface area contributed by atoms with Gasteiger partial charge in [0, 0.05) is 19.5 Å². The van der Waals surface area contributed by atoms with Crippen molar-refractivity contribution in [1.82, 2.24) is 24.6 Å². The van der Waals surface area contributed by atoms with E-state index in [1.807, 2.05) is 18.4 Å². The lowest BCUT2D eigenvalue weighted by atomic mass is 10.2. The van der Waals surface area contributed by atoms with Crippen LogP contribution in [-0.4, -0.2) is 37.7 Å². The summed E-state index contributed by atoms with van der Waals surface area (Å²) in [5.41, 5.74) is 0.817. The van der Waals surface area contributed by atoms with Crippen molar-refractivity contribution in [2.24, 2.45) is 0 Å². The van der Waals surface area contributed by atoms with Gasteiger partial charge in [-0.05, 0) is 30.8 Å². The number of aromatic nitrogens is 4. The SMILES string of the molecule is CCc1nc(C2CCCN2CCn2cnc3ccsc3c2=O)no1. The van der Waals surface area contributed by atoms with Crippen molar-refractivity contribution < 1.29 is 4.52 Å². The van der Waals surface area contributed by atoms with Crippen LogP contribution in [0.5, 0.6) is 0 Å². The molecule has 0 saturated carbocycles. The summed E-state index contributed by atoms with van der Waals surface area (Å²) < 4.78 is 7.66. The number of fused-ring (bicyclic) bond motifs is 1. The van der Waals surface area contributed by atoms with E-state index in [1.54, 1.807) is 10.9 Å². The van der Waals surface area contributed by atoms with Gasteiger partial charge in [0.2, 0.25) is 5.89 Å². The average Bonchev–Trinajstić information content (AvgIpc) is 3.33. The molecule has 1 atom stereocenters. The maximum absolute atomic E-state index is 12.5. The molecular formula is C16H19N5O2S. The quantitative estimate of drug-likeness (QED) is 0.706. The number of hydrogen-bond acceptors (Lipinski definition) is 7. The Morgan fingerprint density at radius 2 is 2.33 bits per heavy atom. The average molecular weight is 345 g/mol. The Kier molecular flexibility index (Phi) is 4.15. The predicted molar refractivity (Wildman–Crippen MR) is 91.1 cm³/mol. The van der Waals surface area contributed by atoms with Crippen molar-refractivity contribution in [2.75, 3.05) is 13.1 Å². The van der Waals surface area contributed by atoms with Gasteiger partial charge in [-0.25, -0.2) is 4.98 Å². The van der Waals surface area contributed by atoms with Crippen molar-refractivity contribution >= 4 is 21.6 Å². The van der Waals surface area contributed by atoms with Crippen LogP contribution in [0.1, 0.15) is 37.5 Å². The summed E-state index contributed by atoms with van der Waals surface area (Å²) in [7, 11) is 0. The Hall–Kier alpha value is -2.06. The summed E-state index contributed by atoms with van der Waals surface area (Å²) in [6, 6.07) is 2.06. The van der Waals surface area contributed by atoms with Gasteiger partial charge in [0.05, 0.1) is 17.9 Å². The second-order valence-electron chi connectivity index (χ2n) is 5.97. The Morgan fingerprint density at radius 1 is 1.42 bits per heavy atom. The highest BCUT2D eigenvalue weighted by molar-refractivity contribution is 7.17. The summed E-state index contributed by atoms with van der Waals surface area (Å²) in [6.07, 6.45) is 4.53. The third-order valence-corrected chi connectivity index (χ3v) is 5.40. The molecule has 0 amide bonds. The molecule has 126 valence electrons. The van der Waals surface area contributed by atoms with Crippen LogP contribution in [0.2, 0.25) is 0 Å². The molecule has 3 aromatic rings. The van der Waals surface area contributed by atoms with E-state index in [0.717, 1.165) is 48.4 Å². The summed E-state index contributed by atoms with van der Waals surface area (Å²) in [4.78, 5) is 23.6. The van der Waals surface area contributed by atoms with E-state index in [9.17, 15) is 4.79 Å². The molecule has 1 aliphatic rings. The van der Waals surface area contributed by atoms with Crippen LogP contribution in [0, 0.1) is 0 Å². The molecule has 1 aliphatic heterocycles. The molecule has 1 unspecified atom stereocenters. The molecule has 0 aromatic carbocycles. The van der Waals surface area contributed by atoms with E-state index in [-0.39, 0.29) is 11.6 Å². The minimum absolute atomic E-state index is 0.0403. The van der Waals surface area contributed by atoms with E-state index in [4.69, 9.17) is 4.52 Å². The first-order valence-electron chi connectivity index (χ1n) is 8.25. The zero-order valence-electron chi connectivity index (χ0n) is 13.5. The van der Waals surface area contributed by atoms with Gasteiger partial charge in [-0.15, -0.1) is 11.3 Å².